The third kappa shape index (κ3) is 4.22. The number of hydrogen-bond donors (Lipinski definition) is 1. The van der Waals surface area contributed by atoms with E-state index >= 15 is 0 Å². The van der Waals surface area contributed by atoms with E-state index in [-0.39, 0.29) is 28.8 Å². The number of ketones is 1. The number of nitrogens with zero attached hydrogens (tertiary/aromatic N) is 4. The smallest absolute Gasteiger partial charge is 0.341 e. The number of Topliss-reactive ketones (excluding diaryl/α,β-unsaturated/α-hetero) is 1. The minimum atomic E-state index is -1.30. The Bertz CT molecular complexity index is 1290. The molecule has 0 radical (unpaired) electrons. The van der Waals surface area contributed by atoms with Gasteiger partial charge in [0, 0.05) is 37.3 Å². The Kier molecular flexibility index (Phi) is 6.15. The molecule has 3 aromatic rings. The largest absolute Gasteiger partial charge is 0.477 e. The fourth-order valence-corrected chi connectivity index (χ4v) is 4.97. The van der Waals surface area contributed by atoms with Crippen LogP contribution in [0.15, 0.2) is 28.6 Å². The van der Waals surface area contributed by atoms with E-state index < -0.39 is 11.4 Å². The lowest BCUT2D eigenvalue weighted by Gasteiger charge is -2.39. The van der Waals surface area contributed by atoms with Crippen LogP contribution in [0.3, 0.4) is 0 Å². The first-order chi connectivity index (χ1) is 16.4. The molecule has 178 valence electrons. The van der Waals surface area contributed by atoms with Crippen molar-refractivity contribution in [3.05, 3.63) is 45.2 Å². The molecule has 2 fully saturated rings. The van der Waals surface area contributed by atoms with E-state index in [1.165, 1.54) is 17.5 Å². The molecular weight excluding hydrogens is 460 g/mol. The number of ether oxygens (including phenoxy) is 2. The molecule has 0 aliphatic carbocycles. The van der Waals surface area contributed by atoms with E-state index in [0.29, 0.717) is 67.9 Å². The Balaban J connectivity index is 1.38. The van der Waals surface area contributed by atoms with Crippen LogP contribution in [0.1, 0.15) is 28.8 Å². The molecule has 2 aliphatic rings. The third-order valence-electron chi connectivity index (χ3n) is 6.26. The number of aromatic nitrogens is 3. The van der Waals surface area contributed by atoms with Gasteiger partial charge < -0.3 is 19.5 Å². The zero-order valence-electron chi connectivity index (χ0n) is 18.6. The highest BCUT2D eigenvalue weighted by atomic mass is 32.1. The first-order valence-electron chi connectivity index (χ1n) is 11.1. The third-order valence-corrected chi connectivity index (χ3v) is 7.03. The van der Waals surface area contributed by atoms with Gasteiger partial charge in [-0.2, -0.15) is 0 Å². The number of aryl methyl sites for hydroxylation is 1. The molecule has 0 saturated carbocycles. The Morgan fingerprint density at radius 3 is 2.79 bits per heavy atom. The van der Waals surface area contributed by atoms with Crippen LogP contribution in [0.2, 0.25) is 0 Å². The average Bonchev–Trinajstić information content (AvgIpc) is 3.32. The summed E-state index contributed by atoms with van der Waals surface area (Å²) in [5, 5.41) is 12.1. The lowest BCUT2D eigenvalue weighted by atomic mass is 9.91. The summed E-state index contributed by atoms with van der Waals surface area (Å²) in [7, 11) is 0. The van der Waals surface area contributed by atoms with Crippen LogP contribution in [0.5, 0.6) is 0 Å². The molecule has 0 bridgehead atoms. The molecule has 1 N–H and O–H groups in total. The van der Waals surface area contributed by atoms with Gasteiger partial charge in [0.05, 0.1) is 37.2 Å². The highest BCUT2D eigenvalue weighted by Crippen LogP contribution is 2.29. The zero-order chi connectivity index (χ0) is 23.8. The maximum absolute atomic E-state index is 12.9. The van der Waals surface area contributed by atoms with E-state index in [9.17, 15) is 19.5 Å². The maximum Gasteiger partial charge on any atom is 0.341 e. The molecule has 0 aromatic carbocycles. The fraction of sp³-hybridized carbons (Fsp3) is 0.435. The number of thiazole rings is 1. The normalized spacial score (nSPS) is 18.7. The minimum absolute atomic E-state index is 0.0167. The fourth-order valence-electron chi connectivity index (χ4n) is 4.35. The first kappa shape index (κ1) is 22.6. The number of hydrogen-bond acceptors (Lipinski definition) is 9. The number of carboxylic acids is 1. The summed E-state index contributed by atoms with van der Waals surface area (Å²) in [6.45, 7) is 4.58. The molecule has 0 spiro atoms. The van der Waals surface area contributed by atoms with Crippen LogP contribution < -0.4 is 10.3 Å². The van der Waals surface area contributed by atoms with Gasteiger partial charge in [0.15, 0.2) is 10.8 Å². The molecule has 2 aliphatic heterocycles. The molecule has 1 unspecified atom stereocenters. The van der Waals surface area contributed by atoms with Gasteiger partial charge in [-0.15, -0.1) is 11.3 Å². The quantitative estimate of drug-likeness (QED) is 0.536. The molecular formula is C23H24N4O6S. The van der Waals surface area contributed by atoms with Crippen molar-refractivity contribution >= 4 is 39.9 Å². The van der Waals surface area contributed by atoms with Gasteiger partial charge in [0.2, 0.25) is 5.43 Å². The summed E-state index contributed by atoms with van der Waals surface area (Å²) >= 11 is 1.32. The summed E-state index contributed by atoms with van der Waals surface area (Å²) in [5.41, 5.74) is 0.0755. The summed E-state index contributed by atoms with van der Waals surface area (Å²) in [4.78, 5) is 48.2. The van der Waals surface area contributed by atoms with Crippen LogP contribution in [0.4, 0.5) is 5.82 Å². The van der Waals surface area contributed by atoms with Crippen molar-refractivity contribution in [3.63, 3.8) is 0 Å². The first-order valence-corrected chi connectivity index (χ1v) is 12.0. The second kappa shape index (κ2) is 9.24. The predicted molar refractivity (Wildman–Crippen MR) is 125 cm³/mol. The monoisotopic (exact) mass is 484 g/mol. The van der Waals surface area contributed by atoms with E-state index in [0.717, 1.165) is 0 Å². The second-order valence-corrected chi connectivity index (χ2v) is 9.41. The highest BCUT2D eigenvalue weighted by molar-refractivity contribution is 7.12. The molecule has 0 amide bonds. The van der Waals surface area contributed by atoms with Crippen molar-refractivity contribution < 1.29 is 24.2 Å². The van der Waals surface area contributed by atoms with Crippen molar-refractivity contribution in [1.82, 2.24) is 14.5 Å². The molecule has 3 aromatic heterocycles. The zero-order valence-corrected chi connectivity index (χ0v) is 19.4. The Morgan fingerprint density at radius 2 is 2.12 bits per heavy atom. The van der Waals surface area contributed by atoms with Crippen molar-refractivity contribution in [3.8, 4) is 5.13 Å². The topological polar surface area (TPSA) is 124 Å². The van der Waals surface area contributed by atoms with E-state index in [2.05, 4.69) is 4.98 Å². The predicted octanol–water partition coefficient (Wildman–Crippen LogP) is 2.05. The van der Waals surface area contributed by atoms with Crippen LogP contribution >= 0.6 is 11.3 Å². The average molecular weight is 485 g/mol. The van der Waals surface area contributed by atoms with Gasteiger partial charge in [-0.25, -0.2) is 14.8 Å². The van der Waals surface area contributed by atoms with Crippen molar-refractivity contribution in [2.45, 2.75) is 25.9 Å². The molecule has 11 heteroatoms. The number of pyridine rings is 2. The molecule has 2 saturated heterocycles. The van der Waals surface area contributed by atoms with Gasteiger partial charge in [0.25, 0.3) is 0 Å². The number of carbonyl (C=O) groups excluding carboxylic acids is 1. The summed E-state index contributed by atoms with van der Waals surface area (Å²) < 4.78 is 12.6. The summed E-state index contributed by atoms with van der Waals surface area (Å²) in [6, 6.07) is 1.77. The minimum Gasteiger partial charge on any atom is -0.477 e. The number of anilines is 1. The number of fused-ring (bicyclic) bond motifs is 1. The number of carboxylic acid groups (broad SMARTS) is 1. The van der Waals surface area contributed by atoms with E-state index in [1.807, 2.05) is 4.90 Å². The van der Waals surface area contributed by atoms with Crippen LogP contribution in [0, 0.1) is 12.8 Å². The Hall–Kier alpha value is -3.15. The van der Waals surface area contributed by atoms with Crippen molar-refractivity contribution in [2.75, 3.05) is 37.8 Å². The Labute approximate surface area is 198 Å². The molecule has 10 nitrogen and oxygen atoms in total. The summed E-state index contributed by atoms with van der Waals surface area (Å²) in [6.07, 6.45) is 3.99. The maximum atomic E-state index is 12.9. The second-order valence-electron chi connectivity index (χ2n) is 8.53. The molecule has 1 atom stereocenters. The molecule has 34 heavy (non-hydrogen) atoms. The van der Waals surface area contributed by atoms with Gasteiger partial charge in [-0.1, -0.05) is 0 Å². The van der Waals surface area contributed by atoms with E-state index in [1.54, 1.807) is 29.1 Å². The van der Waals surface area contributed by atoms with Gasteiger partial charge in [-0.05, 0) is 25.0 Å². The lowest BCUT2D eigenvalue weighted by Crippen LogP contribution is -2.51. The van der Waals surface area contributed by atoms with Crippen LogP contribution in [0.25, 0.3) is 16.2 Å². The molecule has 5 heterocycles. The lowest BCUT2D eigenvalue weighted by molar-refractivity contribution is -0.126. The van der Waals surface area contributed by atoms with Crippen LogP contribution in [-0.2, 0) is 14.3 Å². The van der Waals surface area contributed by atoms with Gasteiger partial charge >= 0.3 is 5.97 Å². The van der Waals surface area contributed by atoms with Gasteiger partial charge in [-0.3, -0.25) is 14.2 Å². The Morgan fingerprint density at radius 1 is 1.29 bits per heavy atom. The highest BCUT2D eigenvalue weighted by Gasteiger charge is 2.34. The number of carbonyl (C=O) groups is 2. The molecule has 5 rings (SSSR count). The SMILES string of the molecule is Cc1cc(N2CC(C(=O)CCC3COCCO3)C2)nc2c1c(=O)c(C(=O)O)cn2-c1nccs1. The number of aromatic carboxylic acids is 1. The standard InChI is InChI=1S/C23H24N4O6S/c1-13-8-18(26-9-14(10-26)17(28)3-2-15-12-32-5-6-33-15)25-21-19(13)20(29)16(22(30)31)11-27(21)23-24-4-7-34-23/h4,7-8,11,14-15H,2-3,5-6,9-10,12H2,1H3,(H,30,31). The van der Waals surface area contributed by atoms with Gasteiger partial charge in [0.1, 0.15) is 17.2 Å². The van der Waals surface area contributed by atoms with Crippen LogP contribution in [-0.4, -0.2) is 70.4 Å². The summed E-state index contributed by atoms with van der Waals surface area (Å²) in [5.74, 6) is -0.521. The van der Waals surface area contributed by atoms with Crippen molar-refractivity contribution in [1.29, 1.82) is 0 Å². The van der Waals surface area contributed by atoms with E-state index in [4.69, 9.17) is 14.5 Å². The van der Waals surface area contributed by atoms with Crippen molar-refractivity contribution in [2.24, 2.45) is 5.92 Å². The number of rotatable bonds is 7.